The van der Waals surface area contributed by atoms with Gasteiger partial charge in [-0.05, 0) is 36.4 Å². The molecular formula is C26H24N2O8. The number of carbonyl (C=O) groups excluding carboxylic acids is 2. The normalized spacial score (nSPS) is 14.1. The number of nitrogens with zero attached hydrogens (tertiary/aromatic N) is 1. The summed E-state index contributed by atoms with van der Waals surface area (Å²) < 4.78 is 32.7. The van der Waals surface area contributed by atoms with Crippen molar-refractivity contribution < 1.29 is 38.0 Å². The zero-order valence-electron chi connectivity index (χ0n) is 19.8. The van der Waals surface area contributed by atoms with Gasteiger partial charge in [0.2, 0.25) is 11.9 Å². The van der Waals surface area contributed by atoms with Crippen LogP contribution >= 0.6 is 0 Å². The molecule has 10 heteroatoms. The molecule has 0 aliphatic carbocycles. The molecule has 0 fully saturated rings. The number of hydrazone groups is 1. The maximum absolute atomic E-state index is 12.9. The third kappa shape index (κ3) is 5.33. The fourth-order valence-electron chi connectivity index (χ4n) is 3.42. The average Bonchev–Trinajstić information content (AvgIpc) is 2.92. The van der Waals surface area contributed by atoms with Crippen LogP contribution in [0, 0.1) is 0 Å². The lowest BCUT2D eigenvalue weighted by Gasteiger charge is -2.24. The van der Waals surface area contributed by atoms with Gasteiger partial charge in [-0.25, -0.2) is 10.2 Å². The van der Waals surface area contributed by atoms with Crippen molar-refractivity contribution in [1.82, 2.24) is 5.43 Å². The third-order valence-corrected chi connectivity index (χ3v) is 5.20. The van der Waals surface area contributed by atoms with Crippen LogP contribution in [0.15, 0.2) is 65.8 Å². The Morgan fingerprint density at radius 1 is 0.917 bits per heavy atom. The van der Waals surface area contributed by atoms with E-state index < -0.39 is 18.0 Å². The molecule has 1 heterocycles. The average molecular weight is 492 g/mol. The van der Waals surface area contributed by atoms with Gasteiger partial charge in [-0.15, -0.1) is 0 Å². The molecule has 10 nitrogen and oxygen atoms in total. The summed E-state index contributed by atoms with van der Waals surface area (Å²) in [6, 6.07) is 16.8. The number of amides is 1. The van der Waals surface area contributed by atoms with Crippen molar-refractivity contribution >= 4 is 18.1 Å². The standard InChI is InChI=1S/C26H24N2O8/c1-31-21-12-17(13-22(32-2)24(21)33-3)26(30)36-18-9-5-4-8-16(18)14-27-28-25(29)23-15-34-19-10-6-7-11-20(19)35-23/h4-14,23H,15H2,1-3H3,(H,28,29)/t23-/m1/s1. The van der Waals surface area contributed by atoms with Crippen LogP contribution in [0.3, 0.4) is 0 Å². The zero-order valence-corrected chi connectivity index (χ0v) is 19.8. The molecule has 36 heavy (non-hydrogen) atoms. The number of carbonyl (C=O) groups is 2. The van der Waals surface area contributed by atoms with Gasteiger partial charge in [0.15, 0.2) is 23.0 Å². The number of methoxy groups -OCH3 is 3. The second kappa shape index (κ2) is 11.1. The monoisotopic (exact) mass is 492 g/mol. The van der Waals surface area contributed by atoms with Crippen LogP contribution in [-0.2, 0) is 4.79 Å². The summed E-state index contributed by atoms with van der Waals surface area (Å²) in [6.45, 7) is 0.0569. The minimum atomic E-state index is -0.856. The number of hydrogen-bond donors (Lipinski definition) is 1. The second-order valence-corrected chi connectivity index (χ2v) is 7.44. The van der Waals surface area contributed by atoms with Gasteiger partial charge >= 0.3 is 5.97 Å². The Labute approximate surface area is 207 Å². The van der Waals surface area contributed by atoms with Gasteiger partial charge in [0.1, 0.15) is 12.4 Å². The van der Waals surface area contributed by atoms with E-state index >= 15 is 0 Å². The molecule has 3 aromatic rings. The maximum atomic E-state index is 12.9. The molecule has 0 radical (unpaired) electrons. The van der Waals surface area contributed by atoms with Crippen molar-refractivity contribution in [2.24, 2.45) is 5.10 Å². The van der Waals surface area contributed by atoms with Crippen LogP contribution in [0.4, 0.5) is 0 Å². The molecule has 0 saturated heterocycles. The van der Waals surface area contributed by atoms with Crippen LogP contribution in [-0.4, -0.2) is 52.1 Å². The fraction of sp³-hybridized carbons (Fsp3) is 0.192. The first-order chi connectivity index (χ1) is 17.5. The number of ether oxygens (including phenoxy) is 6. The number of para-hydroxylation sites is 3. The lowest BCUT2D eigenvalue weighted by Crippen LogP contribution is -2.42. The second-order valence-electron chi connectivity index (χ2n) is 7.44. The highest BCUT2D eigenvalue weighted by Gasteiger charge is 2.27. The first-order valence-electron chi connectivity index (χ1n) is 10.9. The molecule has 0 unspecified atom stereocenters. The minimum absolute atomic E-state index is 0.0569. The van der Waals surface area contributed by atoms with Crippen LogP contribution in [0.1, 0.15) is 15.9 Å². The number of rotatable bonds is 8. The van der Waals surface area contributed by atoms with Crippen LogP contribution < -0.4 is 33.8 Å². The number of esters is 1. The quantitative estimate of drug-likeness (QED) is 0.221. The molecule has 0 aromatic heterocycles. The van der Waals surface area contributed by atoms with E-state index in [1.54, 1.807) is 42.5 Å². The number of nitrogens with one attached hydrogen (secondary N) is 1. The smallest absolute Gasteiger partial charge is 0.343 e. The van der Waals surface area contributed by atoms with Crippen molar-refractivity contribution in [3.63, 3.8) is 0 Å². The van der Waals surface area contributed by atoms with Gasteiger partial charge < -0.3 is 28.4 Å². The Morgan fingerprint density at radius 2 is 1.58 bits per heavy atom. The highest BCUT2D eigenvalue weighted by Crippen LogP contribution is 2.38. The van der Waals surface area contributed by atoms with E-state index in [1.807, 2.05) is 6.07 Å². The largest absolute Gasteiger partial charge is 0.493 e. The lowest BCUT2D eigenvalue weighted by molar-refractivity contribution is -0.130. The highest BCUT2D eigenvalue weighted by molar-refractivity contribution is 5.94. The van der Waals surface area contributed by atoms with E-state index in [2.05, 4.69) is 10.5 Å². The van der Waals surface area contributed by atoms with E-state index in [0.29, 0.717) is 34.3 Å². The van der Waals surface area contributed by atoms with Gasteiger partial charge in [0, 0.05) is 5.56 Å². The topological polar surface area (TPSA) is 114 Å². The van der Waals surface area contributed by atoms with Gasteiger partial charge in [-0.1, -0.05) is 24.3 Å². The number of benzene rings is 3. The Hall–Kier alpha value is -4.73. The highest BCUT2D eigenvalue weighted by atomic mass is 16.6. The van der Waals surface area contributed by atoms with Crippen molar-refractivity contribution in [3.8, 4) is 34.5 Å². The van der Waals surface area contributed by atoms with E-state index in [9.17, 15) is 9.59 Å². The maximum Gasteiger partial charge on any atom is 0.343 e. The summed E-state index contributed by atoms with van der Waals surface area (Å²) in [6.07, 6.45) is 0.512. The van der Waals surface area contributed by atoms with Crippen molar-refractivity contribution in [3.05, 3.63) is 71.8 Å². The van der Waals surface area contributed by atoms with Gasteiger partial charge in [0.25, 0.3) is 5.91 Å². The van der Waals surface area contributed by atoms with E-state index in [0.717, 1.165) is 0 Å². The fourth-order valence-corrected chi connectivity index (χ4v) is 3.42. The van der Waals surface area contributed by atoms with E-state index in [1.165, 1.54) is 39.7 Å². The molecule has 186 valence electrons. The van der Waals surface area contributed by atoms with Gasteiger partial charge in [-0.3, -0.25) is 4.79 Å². The molecule has 1 amide bonds. The summed E-state index contributed by atoms with van der Waals surface area (Å²) in [7, 11) is 4.38. The molecule has 1 atom stereocenters. The van der Waals surface area contributed by atoms with Crippen molar-refractivity contribution in [1.29, 1.82) is 0 Å². The van der Waals surface area contributed by atoms with E-state index in [4.69, 9.17) is 28.4 Å². The molecule has 4 rings (SSSR count). The molecule has 1 N–H and O–H groups in total. The predicted molar refractivity (Wildman–Crippen MR) is 130 cm³/mol. The number of fused-ring (bicyclic) bond motifs is 1. The summed E-state index contributed by atoms with van der Waals surface area (Å²) in [5, 5.41) is 3.98. The molecule has 0 saturated carbocycles. The minimum Gasteiger partial charge on any atom is -0.493 e. The summed E-state index contributed by atoms with van der Waals surface area (Å²) >= 11 is 0. The van der Waals surface area contributed by atoms with Gasteiger partial charge in [0.05, 0.1) is 33.1 Å². The molecule has 1 aliphatic heterocycles. The summed E-state index contributed by atoms with van der Waals surface area (Å²) in [5.41, 5.74) is 3.08. The van der Waals surface area contributed by atoms with Crippen LogP contribution in [0.5, 0.6) is 34.5 Å². The first-order valence-corrected chi connectivity index (χ1v) is 10.9. The molecule has 0 spiro atoms. The first kappa shape index (κ1) is 24.4. The summed E-state index contributed by atoms with van der Waals surface area (Å²) in [5.74, 6) is 1.16. The van der Waals surface area contributed by atoms with Crippen molar-refractivity contribution in [2.45, 2.75) is 6.10 Å². The predicted octanol–water partition coefficient (Wildman–Crippen LogP) is 3.22. The lowest BCUT2D eigenvalue weighted by atomic mass is 10.1. The third-order valence-electron chi connectivity index (χ3n) is 5.20. The number of hydrogen-bond acceptors (Lipinski definition) is 9. The Morgan fingerprint density at radius 3 is 2.28 bits per heavy atom. The summed E-state index contributed by atoms with van der Waals surface area (Å²) in [4.78, 5) is 25.3. The molecule has 3 aromatic carbocycles. The van der Waals surface area contributed by atoms with Crippen molar-refractivity contribution in [2.75, 3.05) is 27.9 Å². The van der Waals surface area contributed by atoms with E-state index in [-0.39, 0.29) is 17.9 Å². The molecule has 1 aliphatic rings. The Bertz CT molecular complexity index is 1270. The van der Waals surface area contributed by atoms with Gasteiger partial charge in [-0.2, -0.15) is 5.10 Å². The van der Waals surface area contributed by atoms with Crippen LogP contribution in [0.25, 0.3) is 0 Å². The Kier molecular flexibility index (Phi) is 7.54. The zero-order chi connectivity index (χ0) is 25.5. The Balaban J connectivity index is 1.44. The molecule has 0 bridgehead atoms. The van der Waals surface area contributed by atoms with Crippen LogP contribution in [0.2, 0.25) is 0 Å². The molecular weight excluding hydrogens is 468 g/mol. The SMILES string of the molecule is COc1cc(C(=O)Oc2ccccc2C=NNC(=O)[C@H]2COc3ccccc3O2)cc(OC)c1OC.